The van der Waals surface area contributed by atoms with Crippen LogP contribution in [0.4, 0.5) is 35.1 Å². The molecule has 12 nitrogen and oxygen atoms in total. The molecule has 3 aliphatic rings. The van der Waals surface area contributed by atoms with Gasteiger partial charge in [0.05, 0.1) is 58.8 Å². The Bertz CT molecular complexity index is 3140. The third-order valence-electron chi connectivity index (χ3n) is 15.4. The summed E-state index contributed by atoms with van der Waals surface area (Å²) < 4.78 is 111. The molecule has 4 aromatic carbocycles. The summed E-state index contributed by atoms with van der Waals surface area (Å²) in [6, 6.07) is 16.4. The number of hydrogen-bond donors (Lipinski definition) is 3. The Hall–Kier alpha value is -7.64. The molecule has 5 aromatic rings. The molecule has 0 aliphatic carbocycles. The van der Waals surface area contributed by atoms with Gasteiger partial charge >= 0.3 is 18.3 Å². The molecule has 2 fully saturated rings. The first kappa shape index (κ1) is 62.0. The van der Waals surface area contributed by atoms with Crippen LogP contribution in [0.3, 0.4) is 0 Å². The summed E-state index contributed by atoms with van der Waals surface area (Å²) in [6.07, 6.45) is -0.886. The maximum Gasteiger partial charge on any atom is 0.417 e. The third-order valence-corrected chi connectivity index (χ3v) is 15.4. The number of rotatable bonds is 20. The number of alkyl halides is 6. The highest BCUT2D eigenvalue weighted by Gasteiger charge is 2.53. The van der Waals surface area contributed by atoms with Gasteiger partial charge in [0, 0.05) is 12.4 Å². The zero-order chi connectivity index (χ0) is 60.1. The van der Waals surface area contributed by atoms with E-state index in [0.717, 1.165) is 31.0 Å². The van der Waals surface area contributed by atoms with Crippen molar-refractivity contribution in [2.45, 2.75) is 154 Å². The first-order chi connectivity index (χ1) is 38.7. The summed E-state index contributed by atoms with van der Waals surface area (Å²) in [4.78, 5) is 66.8. The minimum Gasteiger partial charge on any atom is -0.478 e. The van der Waals surface area contributed by atoms with Gasteiger partial charge in [-0.15, -0.1) is 0 Å². The Balaban J connectivity index is 0.000000241. The van der Waals surface area contributed by atoms with Crippen molar-refractivity contribution in [3.63, 3.8) is 0 Å². The van der Waals surface area contributed by atoms with Crippen LogP contribution < -0.4 is 10.6 Å². The predicted octanol–water partition coefficient (Wildman–Crippen LogP) is 14.3. The molecule has 438 valence electrons. The minimum atomic E-state index is -4.84. The first-order valence-electron chi connectivity index (χ1n) is 27.5. The zero-order valence-electron chi connectivity index (χ0n) is 46.8. The van der Waals surface area contributed by atoms with E-state index in [9.17, 15) is 59.4 Å². The number of aromatic nitrogens is 2. The summed E-state index contributed by atoms with van der Waals surface area (Å²) >= 11 is 0. The normalized spacial score (nSPS) is 18.9. The largest absolute Gasteiger partial charge is 0.478 e. The highest BCUT2D eigenvalue weighted by atomic mass is 19.4. The maximum absolute atomic E-state index is 14.5. The molecule has 20 heteroatoms. The molecule has 1 aromatic heterocycles. The Morgan fingerprint density at radius 2 is 0.988 bits per heavy atom. The highest BCUT2D eigenvalue weighted by Crippen LogP contribution is 2.46. The van der Waals surface area contributed by atoms with Crippen molar-refractivity contribution in [3.05, 3.63) is 190 Å². The molecule has 0 radical (unpaired) electrons. The first-order valence-corrected chi connectivity index (χ1v) is 27.5. The molecule has 2 unspecified atom stereocenters. The van der Waals surface area contributed by atoms with Gasteiger partial charge in [-0.1, -0.05) is 117 Å². The molecular formula is C62H69F8N7O5. The number of amides is 3. The second-order valence-electron chi connectivity index (χ2n) is 22.0. The monoisotopic (exact) mass is 1140 g/mol. The zero-order valence-corrected chi connectivity index (χ0v) is 46.8. The second-order valence-corrected chi connectivity index (χ2v) is 22.0. The fourth-order valence-corrected chi connectivity index (χ4v) is 11.0. The number of halogens is 8. The fraction of sp³-hybridized carbons (Fsp3) is 0.419. The summed E-state index contributed by atoms with van der Waals surface area (Å²) in [5.74, 6) is -2.97. The Kier molecular flexibility index (Phi) is 19.1. The Morgan fingerprint density at radius 1 is 0.610 bits per heavy atom. The molecule has 82 heavy (non-hydrogen) atoms. The van der Waals surface area contributed by atoms with Gasteiger partial charge in [-0.3, -0.25) is 34.2 Å². The van der Waals surface area contributed by atoms with E-state index in [4.69, 9.17) is 0 Å². The average Bonchev–Trinajstić information content (AvgIpc) is 3.41. The van der Waals surface area contributed by atoms with Crippen LogP contribution in [0.5, 0.6) is 0 Å². The number of carboxylic acids is 1. The van der Waals surface area contributed by atoms with E-state index in [1.54, 1.807) is 24.3 Å². The lowest BCUT2D eigenvalue weighted by molar-refractivity contribution is -0.138. The molecule has 0 bridgehead atoms. The quantitative estimate of drug-likeness (QED) is 0.0648. The van der Waals surface area contributed by atoms with Gasteiger partial charge in [-0.05, 0) is 121 Å². The molecule has 8 rings (SSSR count). The van der Waals surface area contributed by atoms with Gasteiger partial charge in [0.1, 0.15) is 34.4 Å². The molecular weight excluding hydrogens is 1070 g/mol. The van der Waals surface area contributed by atoms with Crippen molar-refractivity contribution in [2.75, 3.05) is 0 Å². The smallest absolute Gasteiger partial charge is 0.417 e. The van der Waals surface area contributed by atoms with Crippen molar-refractivity contribution < 1.29 is 59.4 Å². The molecule has 0 spiro atoms. The van der Waals surface area contributed by atoms with E-state index in [1.165, 1.54) is 69.6 Å². The molecule has 3 amide bonds. The summed E-state index contributed by atoms with van der Waals surface area (Å²) in [5, 5.41) is 16.0. The lowest BCUT2D eigenvalue weighted by Crippen LogP contribution is -2.44. The van der Waals surface area contributed by atoms with Gasteiger partial charge < -0.3 is 20.6 Å². The number of fused-ring (bicyclic) bond motifs is 1. The van der Waals surface area contributed by atoms with Crippen molar-refractivity contribution in [1.29, 1.82) is 0 Å². The third kappa shape index (κ3) is 13.2. The van der Waals surface area contributed by atoms with Gasteiger partial charge in [0.25, 0.3) is 17.7 Å². The number of aromatic carboxylic acids is 1. The van der Waals surface area contributed by atoms with E-state index in [2.05, 4.69) is 33.8 Å². The van der Waals surface area contributed by atoms with Gasteiger partial charge in [0.2, 0.25) is 0 Å². The van der Waals surface area contributed by atoms with Crippen LogP contribution in [0.15, 0.2) is 122 Å². The standard InChI is InChI=1S/C34H37F4N5O2.C28H32F4N2O3/c1-5-6-7-30(43-22(4)41-33(32(43)45,15-14-21(2)3)24-9-11-25(35)12-10-24)23-8-13-27(34(36,37)38)26(18-23)31(44)42-19-28-29(20-42)40-17-16-39-28;1-5-6-7-24(19-8-13-23(28(30,31)32)22(16-19)25(35)36)34-18(4)33-27(26(34)37,15-14-17(2)3)20-9-11-21(29)12-10-20/h8-13,16-18,21,30,41H,4-7,14-15,19-20H2,1-3H3;8-13,16-17,24,33H,4-7,14-15H2,1-3H3,(H,35,36)/t30?,33-;24?,27-/m11/s1. The number of carbonyl (C=O) groups is 4. The molecule has 3 N–H and O–H groups in total. The van der Waals surface area contributed by atoms with Crippen LogP contribution in [-0.4, -0.2) is 53.5 Å². The summed E-state index contributed by atoms with van der Waals surface area (Å²) in [6.45, 7) is 20.3. The average molecular weight is 1140 g/mol. The van der Waals surface area contributed by atoms with Crippen molar-refractivity contribution in [1.82, 2.24) is 35.3 Å². The molecule has 0 saturated carbocycles. The summed E-state index contributed by atoms with van der Waals surface area (Å²) in [5.41, 5.74) is -3.26. The number of unbranched alkanes of at least 4 members (excludes halogenated alkanes) is 2. The lowest BCUT2D eigenvalue weighted by atomic mass is 9.83. The van der Waals surface area contributed by atoms with Crippen LogP contribution in [0.1, 0.15) is 183 Å². The van der Waals surface area contributed by atoms with Crippen LogP contribution in [0.25, 0.3) is 0 Å². The van der Waals surface area contributed by atoms with Crippen LogP contribution in [0.2, 0.25) is 0 Å². The number of carbonyl (C=O) groups excluding carboxylic acids is 3. The van der Waals surface area contributed by atoms with E-state index < -0.39 is 81.3 Å². The van der Waals surface area contributed by atoms with E-state index in [-0.39, 0.29) is 48.1 Å². The summed E-state index contributed by atoms with van der Waals surface area (Å²) in [7, 11) is 0. The SMILES string of the molecule is C=C1N[C@](CCC(C)C)(c2ccc(F)cc2)C(=O)N1C(CCCC)c1ccc(C(F)(F)F)c(C(=O)N2Cc3nccnc3C2)c1.C=C1N[C@](CCC(C)C)(c2ccc(F)cc2)C(=O)N1C(CCCC)c1ccc(C(F)(F)F)c(C(=O)O)c1. The van der Waals surface area contributed by atoms with Crippen molar-refractivity contribution in [3.8, 4) is 0 Å². The maximum atomic E-state index is 14.5. The number of nitrogens with one attached hydrogen (secondary N) is 2. The van der Waals surface area contributed by atoms with Gasteiger partial charge in [0.15, 0.2) is 0 Å². The predicted molar refractivity (Wildman–Crippen MR) is 293 cm³/mol. The van der Waals surface area contributed by atoms with Crippen molar-refractivity contribution in [2.24, 2.45) is 11.8 Å². The van der Waals surface area contributed by atoms with Gasteiger partial charge in [-0.2, -0.15) is 26.3 Å². The Morgan fingerprint density at radius 3 is 1.34 bits per heavy atom. The number of nitrogens with zero attached hydrogens (tertiary/aromatic N) is 5. The van der Waals surface area contributed by atoms with E-state index in [0.29, 0.717) is 85.3 Å². The minimum absolute atomic E-state index is 0.0458. The number of benzene rings is 4. The van der Waals surface area contributed by atoms with Crippen LogP contribution >= 0.6 is 0 Å². The number of hydrogen-bond acceptors (Lipinski definition) is 8. The van der Waals surface area contributed by atoms with Crippen LogP contribution in [0, 0.1) is 23.5 Å². The van der Waals surface area contributed by atoms with Crippen molar-refractivity contribution >= 4 is 23.7 Å². The highest BCUT2D eigenvalue weighted by molar-refractivity contribution is 5.97. The molecule has 4 heterocycles. The lowest BCUT2D eigenvalue weighted by Gasteiger charge is -2.32. The van der Waals surface area contributed by atoms with E-state index in [1.807, 2.05) is 41.5 Å². The van der Waals surface area contributed by atoms with Gasteiger partial charge in [-0.25, -0.2) is 13.6 Å². The van der Waals surface area contributed by atoms with E-state index >= 15 is 0 Å². The topological polar surface area (TPSA) is 148 Å². The Labute approximate surface area is 472 Å². The second kappa shape index (κ2) is 25.2. The molecule has 2 saturated heterocycles. The number of carboxylic acid groups (broad SMARTS) is 1. The fourth-order valence-electron chi connectivity index (χ4n) is 11.0. The van der Waals surface area contributed by atoms with Crippen LogP contribution in [-0.2, 0) is 46.1 Å². The molecule has 4 atom stereocenters. The molecule has 3 aliphatic heterocycles.